The van der Waals surface area contributed by atoms with E-state index in [0.29, 0.717) is 23.3 Å². The van der Waals surface area contributed by atoms with Gasteiger partial charge in [-0.25, -0.2) is 0 Å². The Morgan fingerprint density at radius 1 is 1.23 bits per heavy atom. The Kier molecular flexibility index (Phi) is 6.86. The Balaban J connectivity index is 1.65. The second kappa shape index (κ2) is 8.65. The van der Waals surface area contributed by atoms with E-state index in [1.54, 1.807) is 7.05 Å². The molecule has 2 fully saturated rings. The predicted molar refractivity (Wildman–Crippen MR) is 94.5 cm³/mol. The van der Waals surface area contributed by atoms with Crippen LogP contribution in [0.4, 0.5) is 0 Å². The number of thioether (sulfide) groups is 1. The van der Waals surface area contributed by atoms with Gasteiger partial charge in [-0.2, -0.15) is 11.8 Å². The first kappa shape index (κ1) is 17.4. The molecule has 0 aromatic heterocycles. The minimum Gasteiger partial charge on any atom is -0.355 e. The molecule has 5 nitrogen and oxygen atoms in total. The van der Waals surface area contributed by atoms with E-state index in [-0.39, 0.29) is 5.91 Å². The van der Waals surface area contributed by atoms with Crippen molar-refractivity contribution in [3.8, 4) is 0 Å². The third-order valence-electron chi connectivity index (χ3n) is 4.54. The topological polar surface area (TPSA) is 65.5 Å². The molecular formula is C16H30N4OS. The highest BCUT2D eigenvalue weighted by atomic mass is 32.2. The van der Waals surface area contributed by atoms with Crippen molar-refractivity contribution in [3.05, 3.63) is 0 Å². The van der Waals surface area contributed by atoms with Crippen molar-refractivity contribution >= 4 is 23.6 Å². The van der Waals surface area contributed by atoms with Crippen LogP contribution in [0.1, 0.15) is 51.9 Å². The molecule has 0 radical (unpaired) electrons. The van der Waals surface area contributed by atoms with Crippen LogP contribution in [0.2, 0.25) is 0 Å². The van der Waals surface area contributed by atoms with Crippen molar-refractivity contribution in [3.63, 3.8) is 0 Å². The van der Waals surface area contributed by atoms with Crippen molar-refractivity contribution in [2.75, 3.05) is 25.9 Å². The van der Waals surface area contributed by atoms with E-state index in [2.05, 4.69) is 27.9 Å². The highest BCUT2D eigenvalue weighted by molar-refractivity contribution is 8.00. The highest BCUT2D eigenvalue weighted by Gasteiger charge is 2.29. The van der Waals surface area contributed by atoms with Crippen LogP contribution in [0, 0.1) is 0 Å². The largest absolute Gasteiger partial charge is 0.355 e. The third kappa shape index (κ3) is 5.71. The van der Waals surface area contributed by atoms with E-state index in [0.717, 1.165) is 19.4 Å². The molecule has 1 aliphatic carbocycles. The smallest absolute Gasteiger partial charge is 0.239 e. The minimum absolute atomic E-state index is 0.0660. The van der Waals surface area contributed by atoms with Crippen LogP contribution in [0.3, 0.4) is 0 Å². The molecule has 0 aromatic carbocycles. The summed E-state index contributed by atoms with van der Waals surface area (Å²) < 4.78 is 0.294. The summed E-state index contributed by atoms with van der Waals surface area (Å²) in [6.07, 6.45) is 8.54. The molecule has 126 valence electrons. The van der Waals surface area contributed by atoms with E-state index in [9.17, 15) is 4.79 Å². The second-order valence-electron chi connectivity index (χ2n) is 6.58. The second-order valence-corrected chi connectivity index (χ2v) is 8.27. The summed E-state index contributed by atoms with van der Waals surface area (Å²) in [5.41, 5.74) is 0. The number of aliphatic imine (C=N–C) groups is 1. The zero-order valence-electron chi connectivity index (χ0n) is 13.9. The molecule has 0 bridgehead atoms. The summed E-state index contributed by atoms with van der Waals surface area (Å²) in [5, 5.41) is 9.58. The van der Waals surface area contributed by atoms with Crippen LogP contribution in [0.15, 0.2) is 4.99 Å². The van der Waals surface area contributed by atoms with Gasteiger partial charge in [0.05, 0.1) is 6.54 Å². The van der Waals surface area contributed by atoms with Crippen molar-refractivity contribution < 1.29 is 4.79 Å². The van der Waals surface area contributed by atoms with Crippen molar-refractivity contribution in [2.45, 2.75) is 62.7 Å². The van der Waals surface area contributed by atoms with Crippen LogP contribution in [-0.4, -0.2) is 48.5 Å². The van der Waals surface area contributed by atoms with Gasteiger partial charge in [0.1, 0.15) is 0 Å². The van der Waals surface area contributed by atoms with E-state index in [4.69, 9.17) is 0 Å². The molecule has 1 atom stereocenters. The maximum absolute atomic E-state index is 12.0. The van der Waals surface area contributed by atoms with Gasteiger partial charge in [0, 0.05) is 24.4 Å². The van der Waals surface area contributed by atoms with Gasteiger partial charge >= 0.3 is 0 Å². The number of rotatable bonds is 5. The molecule has 1 unspecified atom stereocenters. The number of hydrogen-bond donors (Lipinski definition) is 3. The van der Waals surface area contributed by atoms with Gasteiger partial charge in [-0.05, 0) is 38.4 Å². The molecule has 1 saturated carbocycles. The lowest BCUT2D eigenvalue weighted by Gasteiger charge is -2.25. The van der Waals surface area contributed by atoms with E-state index in [1.165, 1.54) is 37.9 Å². The number of amides is 1. The summed E-state index contributed by atoms with van der Waals surface area (Å²) in [5.74, 6) is 2.03. The van der Waals surface area contributed by atoms with Crippen molar-refractivity contribution in [2.24, 2.45) is 4.99 Å². The summed E-state index contributed by atoms with van der Waals surface area (Å²) in [4.78, 5) is 16.2. The molecule has 1 heterocycles. The fourth-order valence-electron chi connectivity index (χ4n) is 3.16. The van der Waals surface area contributed by atoms with Gasteiger partial charge in [0.2, 0.25) is 5.91 Å². The number of hydrogen-bond acceptors (Lipinski definition) is 3. The Bertz CT molecular complexity index is 388. The summed E-state index contributed by atoms with van der Waals surface area (Å²) in [6, 6.07) is 0.367. The average Bonchev–Trinajstić information content (AvgIpc) is 2.95. The van der Waals surface area contributed by atoms with Crippen molar-refractivity contribution in [1.82, 2.24) is 16.0 Å². The van der Waals surface area contributed by atoms with Crippen LogP contribution < -0.4 is 16.0 Å². The predicted octanol–water partition coefficient (Wildman–Crippen LogP) is 1.89. The van der Waals surface area contributed by atoms with Gasteiger partial charge in [0.15, 0.2) is 5.96 Å². The fourth-order valence-corrected chi connectivity index (χ4v) is 4.40. The standard InChI is InChI=1S/C16H30N4OS/c1-16(9-6-10-22-16)12-19-15(17-2)18-11-14(21)20-13-7-4-3-5-8-13/h13H,3-12H2,1-2H3,(H,20,21)(H2,17,18,19). The molecule has 6 heteroatoms. The monoisotopic (exact) mass is 326 g/mol. The summed E-state index contributed by atoms with van der Waals surface area (Å²) >= 11 is 2.02. The number of nitrogens with zero attached hydrogens (tertiary/aromatic N) is 1. The van der Waals surface area contributed by atoms with Gasteiger partial charge in [0.25, 0.3) is 0 Å². The quantitative estimate of drug-likeness (QED) is 0.533. The zero-order valence-corrected chi connectivity index (χ0v) is 14.7. The highest BCUT2D eigenvalue weighted by Crippen LogP contribution is 2.36. The van der Waals surface area contributed by atoms with Crippen molar-refractivity contribution in [1.29, 1.82) is 0 Å². The Morgan fingerprint density at radius 2 is 2.00 bits per heavy atom. The molecule has 1 saturated heterocycles. The lowest BCUT2D eigenvalue weighted by atomic mass is 9.95. The Morgan fingerprint density at radius 3 is 2.64 bits per heavy atom. The third-order valence-corrected chi connectivity index (χ3v) is 6.08. The van der Waals surface area contributed by atoms with E-state index in [1.807, 2.05) is 11.8 Å². The molecule has 2 rings (SSSR count). The normalized spacial score (nSPS) is 26.7. The fraction of sp³-hybridized carbons (Fsp3) is 0.875. The number of carbonyl (C=O) groups excluding carboxylic acids is 1. The van der Waals surface area contributed by atoms with Crippen LogP contribution in [0.5, 0.6) is 0 Å². The first-order valence-electron chi connectivity index (χ1n) is 8.49. The van der Waals surface area contributed by atoms with Crippen LogP contribution >= 0.6 is 11.8 Å². The molecule has 1 aliphatic heterocycles. The summed E-state index contributed by atoms with van der Waals surface area (Å²) in [7, 11) is 1.75. The van der Waals surface area contributed by atoms with Gasteiger partial charge in [-0.1, -0.05) is 19.3 Å². The molecule has 2 aliphatic rings. The first-order chi connectivity index (χ1) is 10.6. The summed E-state index contributed by atoms with van der Waals surface area (Å²) in [6.45, 7) is 3.47. The molecular weight excluding hydrogens is 296 g/mol. The number of nitrogens with one attached hydrogen (secondary N) is 3. The lowest BCUT2D eigenvalue weighted by Crippen LogP contribution is -2.48. The van der Waals surface area contributed by atoms with Gasteiger partial charge < -0.3 is 16.0 Å². The SMILES string of the molecule is CN=C(NCC(=O)NC1CCCCC1)NCC1(C)CCCS1. The molecule has 22 heavy (non-hydrogen) atoms. The lowest BCUT2D eigenvalue weighted by molar-refractivity contribution is -0.120. The zero-order chi connectivity index (χ0) is 15.8. The number of guanidine groups is 1. The maximum Gasteiger partial charge on any atom is 0.239 e. The van der Waals surface area contributed by atoms with Crippen LogP contribution in [0.25, 0.3) is 0 Å². The minimum atomic E-state index is 0.0660. The van der Waals surface area contributed by atoms with Crippen LogP contribution in [-0.2, 0) is 4.79 Å². The van der Waals surface area contributed by atoms with Gasteiger partial charge in [-0.3, -0.25) is 9.79 Å². The maximum atomic E-state index is 12.0. The first-order valence-corrected chi connectivity index (χ1v) is 9.48. The number of carbonyl (C=O) groups is 1. The Hall–Kier alpha value is -0.910. The average molecular weight is 327 g/mol. The molecule has 0 spiro atoms. The van der Waals surface area contributed by atoms with E-state index >= 15 is 0 Å². The van der Waals surface area contributed by atoms with Gasteiger partial charge in [-0.15, -0.1) is 0 Å². The molecule has 1 amide bonds. The molecule has 0 aromatic rings. The Labute approximate surface area is 138 Å². The van der Waals surface area contributed by atoms with E-state index < -0.39 is 0 Å². The molecule has 3 N–H and O–H groups in total.